The molecule has 1 fully saturated rings. The molecule has 0 spiro atoms. The van der Waals surface area contributed by atoms with Gasteiger partial charge in [-0.15, -0.1) is 0 Å². The summed E-state index contributed by atoms with van der Waals surface area (Å²) in [5.74, 6) is 0.852. The summed E-state index contributed by atoms with van der Waals surface area (Å²) < 4.78 is 0. The van der Waals surface area contributed by atoms with Gasteiger partial charge in [-0.25, -0.2) is 9.97 Å². The largest absolute Gasteiger partial charge is 0.353 e. The predicted molar refractivity (Wildman–Crippen MR) is 61.2 cm³/mol. The Bertz CT molecular complexity index is 459. The third-order valence-electron chi connectivity index (χ3n) is 2.82. The Hall–Kier alpha value is -2.16. The van der Waals surface area contributed by atoms with Gasteiger partial charge in [0.2, 0.25) is 5.91 Å². The molecule has 0 atom stereocenters. The van der Waals surface area contributed by atoms with E-state index in [2.05, 4.69) is 14.9 Å². The van der Waals surface area contributed by atoms with E-state index in [0.29, 0.717) is 18.8 Å². The first kappa shape index (κ1) is 11.3. The van der Waals surface area contributed by atoms with Gasteiger partial charge in [-0.05, 0) is 0 Å². The molecule has 0 radical (unpaired) electrons. The number of hydrogen-bond donors (Lipinski definition) is 0. The second kappa shape index (κ2) is 4.78. The maximum atomic E-state index is 11.2. The van der Waals surface area contributed by atoms with Crippen LogP contribution < -0.4 is 4.90 Å². The van der Waals surface area contributed by atoms with Crippen molar-refractivity contribution in [2.24, 2.45) is 0 Å². The van der Waals surface area contributed by atoms with Crippen molar-refractivity contribution >= 4 is 11.7 Å². The number of aromatic nitrogens is 2. The predicted octanol–water partition coefficient (Wildman–Crippen LogP) is 0.0168. The van der Waals surface area contributed by atoms with Crippen molar-refractivity contribution in [3.63, 3.8) is 0 Å². The fourth-order valence-electron chi connectivity index (χ4n) is 1.83. The second-order valence-corrected chi connectivity index (χ2v) is 3.87. The Kier molecular flexibility index (Phi) is 3.19. The van der Waals surface area contributed by atoms with E-state index in [1.165, 1.54) is 6.33 Å². The van der Waals surface area contributed by atoms with Crippen molar-refractivity contribution in [3.05, 3.63) is 18.1 Å². The van der Waals surface area contributed by atoms with Crippen LogP contribution in [0.2, 0.25) is 0 Å². The summed E-state index contributed by atoms with van der Waals surface area (Å²) in [6.07, 6.45) is 1.39. The number of carbonyl (C=O) groups is 1. The maximum absolute atomic E-state index is 11.2. The Labute approximate surface area is 99.5 Å². The third-order valence-corrected chi connectivity index (χ3v) is 2.82. The lowest BCUT2D eigenvalue weighted by molar-refractivity contribution is -0.129. The van der Waals surface area contributed by atoms with Gasteiger partial charge in [0.15, 0.2) is 0 Å². The number of anilines is 1. The van der Waals surface area contributed by atoms with Gasteiger partial charge in [-0.3, -0.25) is 4.79 Å². The zero-order valence-corrected chi connectivity index (χ0v) is 9.63. The molecule has 0 saturated carbocycles. The number of piperazine rings is 1. The van der Waals surface area contributed by atoms with Gasteiger partial charge in [0.1, 0.15) is 23.9 Å². The lowest BCUT2D eigenvalue weighted by Crippen LogP contribution is -2.48. The van der Waals surface area contributed by atoms with Crippen molar-refractivity contribution in [3.8, 4) is 6.07 Å². The molecule has 1 saturated heterocycles. The van der Waals surface area contributed by atoms with E-state index in [9.17, 15) is 4.79 Å². The van der Waals surface area contributed by atoms with Crippen LogP contribution in [-0.4, -0.2) is 47.0 Å². The van der Waals surface area contributed by atoms with Crippen molar-refractivity contribution < 1.29 is 4.79 Å². The number of nitriles is 1. The minimum absolute atomic E-state index is 0.102. The standard InChI is InChI=1S/C11H13N5O/c1-9(17)15-2-4-16(5-3-15)11-6-10(7-12)13-8-14-11/h6,8H,2-5H2,1H3. The SMILES string of the molecule is CC(=O)N1CCN(c2cc(C#N)ncn2)CC1. The van der Waals surface area contributed by atoms with E-state index in [1.54, 1.807) is 13.0 Å². The number of rotatable bonds is 1. The smallest absolute Gasteiger partial charge is 0.219 e. The zero-order valence-electron chi connectivity index (χ0n) is 9.63. The molecule has 0 aromatic carbocycles. The average Bonchev–Trinajstić information content (AvgIpc) is 2.39. The molecule has 1 aliphatic rings. The number of carbonyl (C=O) groups excluding carboxylic acids is 1. The lowest BCUT2D eigenvalue weighted by atomic mass is 10.3. The summed E-state index contributed by atoms with van der Waals surface area (Å²) in [4.78, 5) is 23.0. The number of amides is 1. The molecule has 1 amide bonds. The molecule has 6 heteroatoms. The van der Waals surface area contributed by atoms with E-state index in [4.69, 9.17) is 5.26 Å². The molecule has 0 aliphatic carbocycles. The van der Waals surface area contributed by atoms with Gasteiger partial charge < -0.3 is 9.80 Å². The van der Waals surface area contributed by atoms with Crippen LogP contribution in [0.1, 0.15) is 12.6 Å². The zero-order chi connectivity index (χ0) is 12.3. The molecule has 1 aromatic rings. The molecule has 0 N–H and O–H groups in total. The molecule has 1 aliphatic heterocycles. The molecular formula is C11H13N5O. The molecule has 17 heavy (non-hydrogen) atoms. The van der Waals surface area contributed by atoms with E-state index in [1.807, 2.05) is 11.0 Å². The quantitative estimate of drug-likeness (QED) is 0.681. The van der Waals surface area contributed by atoms with Gasteiger partial charge in [0.05, 0.1) is 0 Å². The molecule has 2 rings (SSSR count). The monoisotopic (exact) mass is 231 g/mol. The molecule has 1 aromatic heterocycles. The first-order valence-corrected chi connectivity index (χ1v) is 5.43. The fourth-order valence-corrected chi connectivity index (χ4v) is 1.83. The lowest BCUT2D eigenvalue weighted by Gasteiger charge is -2.34. The summed E-state index contributed by atoms with van der Waals surface area (Å²) >= 11 is 0. The van der Waals surface area contributed by atoms with Gasteiger partial charge in [-0.2, -0.15) is 5.26 Å². The molecule has 0 bridgehead atoms. The second-order valence-electron chi connectivity index (χ2n) is 3.87. The Morgan fingerprint density at radius 3 is 2.65 bits per heavy atom. The van der Waals surface area contributed by atoms with Crippen LogP contribution >= 0.6 is 0 Å². The normalized spacial score (nSPS) is 15.5. The van der Waals surface area contributed by atoms with Crippen LogP contribution in [0.4, 0.5) is 5.82 Å². The molecule has 0 unspecified atom stereocenters. The van der Waals surface area contributed by atoms with Crippen LogP contribution in [0.3, 0.4) is 0 Å². The Morgan fingerprint density at radius 2 is 2.06 bits per heavy atom. The van der Waals surface area contributed by atoms with Gasteiger partial charge >= 0.3 is 0 Å². The first-order chi connectivity index (χ1) is 8.20. The number of hydrogen-bond acceptors (Lipinski definition) is 5. The minimum atomic E-state index is 0.102. The van der Waals surface area contributed by atoms with E-state index in [-0.39, 0.29) is 5.91 Å². The van der Waals surface area contributed by atoms with Crippen molar-refractivity contribution in [1.29, 1.82) is 5.26 Å². The van der Waals surface area contributed by atoms with Gasteiger partial charge in [0, 0.05) is 39.2 Å². The highest BCUT2D eigenvalue weighted by Gasteiger charge is 2.19. The summed E-state index contributed by atoms with van der Waals surface area (Å²) in [5, 5.41) is 8.76. The van der Waals surface area contributed by atoms with Crippen molar-refractivity contribution in [1.82, 2.24) is 14.9 Å². The number of nitrogens with zero attached hydrogens (tertiary/aromatic N) is 5. The summed E-state index contributed by atoms with van der Waals surface area (Å²) in [5.41, 5.74) is 0.365. The van der Waals surface area contributed by atoms with Crippen molar-refractivity contribution in [2.75, 3.05) is 31.1 Å². The van der Waals surface area contributed by atoms with Crippen LogP contribution in [0.5, 0.6) is 0 Å². The van der Waals surface area contributed by atoms with Crippen LogP contribution in [0.25, 0.3) is 0 Å². The molecule has 2 heterocycles. The molecule has 88 valence electrons. The highest BCUT2D eigenvalue weighted by molar-refractivity contribution is 5.73. The highest BCUT2D eigenvalue weighted by atomic mass is 16.2. The van der Waals surface area contributed by atoms with Crippen LogP contribution in [0, 0.1) is 11.3 Å². The summed E-state index contributed by atoms with van der Waals surface area (Å²) in [6, 6.07) is 3.66. The fraction of sp³-hybridized carbons (Fsp3) is 0.455. The molecule has 6 nitrogen and oxygen atoms in total. The van der Waals surface area contributed by atoms with Crippen LogP contribution in [0.15, 0.2) is 12.4 Å². The Morgan fingerprint density at radius 1 is 1.35 bits per heavy atom. The first-order valence-electron chi connectivity index (χ1n) is 5.43. The van der Waals surface area contributed by atoms with E-state index >= 15 is 0 Å². The summed E-state index contributed by atoms with van der Waals surface area (Å²) in [7, 11) is 0. The van der Waals surface area contributed by atoms with E-state index in [0.717, 1.165) is 18.9 Å². The maximum Gasteiger partial charge on any atom is 0.219 e. The van der Waals surface area contributed by atoms with Gasteiger partial charge in [-0.1, -0.05) is 0 Å². The van der Waals surface area contributed by atoms with E-state index < -0.39 is 0 Å². The molecular weight excluding hydrogens is 218 g/mol. The average molecular weight is 231 g/mol. The Balaban J connectivity index is 2.05. The topological polar surface area (TPSA) is 73.1 Å². The van der Waals surface area contributed by atoms with Gasteiger partial charge in [0.25, 0.3) is 0 Å². The minimum Gasteiger partial charge on any atom is -0.353 e. The third kappa shape index (κ3) is 2.50. The van der Waals surface area contributed by atoms with Crippen molar-refractivity contribution in [2.45, 2.75) is 6.92 Å². The highest BCUT2D eigenvalue weighted by Crippen LogP contribution is 2.13. The summed E-state index contributed by atoms with van der Waals surface area (Å²) in [6.45, 7) is 4.44. The van der Waals surface area contributed by atoms with Crippen LogP contribution in [-0.2, 0) is 4.79 Å².